The van der Waals surface area contributed by atoms with Gasteiger partial charge in [0.1, 0.15) is 31.3 Å². The number of furan rings is 1. The Balaban J connectivity index is 2.39. The van der Waals surface area contributed by atoms with Gasteiger partial charge in [0.25, 0.3) is 0 Å². The minimum absolute atomic E-state index is 0.00227. The Morgan fingerprint density at radius 3 is 1.95 bits per heavy atom. The minimum Gasteiger partial charge on any atom is -0.466 e. The van der Waals surface area contributed by atoms with Crippen LogP contribution in [0.25, 0.3) is 0 Å². The van der Waals surface area contributed by atoms with Gasteiger partial charge in [-0.25, -0.2) is 4.57 Å². The van der Waals surface area contributed by atoms with E-state index in [1.165, 1.54) is 24.0 Å². The molecule has 1 heterocycles. The number of phosphoric acid groups is 1. The monoisotopic (exact) mass is 863 g/mol. The summed E-state index contributed by atoms with van der Waals surface area (Å²) in [6, 6.07) is 0. The summed E-state index contributed by atoms with van der Waals surface area (Å²) in [7, 11) is 1.38. The maximum absolute atomic E-state index is 12.7. The number of carbonyl (C=O) groups is 3. The van der Waals surface area contributed by atoms with Crippen LogP contribution in [0.1, 0.15) is 158 Å². The van der Waals surface area contributed by atoms with Crippen molar-refractivity contribution in [3.63, 3.8) is 0 Å². The van der Waals surface area contributed by atoms with Gasteiger partial charge in [-0.15, -0.1) is 0 Å². The number of hydrogen-bond acceptors (Lipinski definition) is 9. The van der Waals surface area contributed by atoms with Crippen LogP contribution in [0.3, 0.4) is 0 Å². The molecule has 342 valence electrons. The maximum Gasteiger partial charge on any atom is 0.472 e. The first-order valence-electron chi connectivity index (χ1n) is 22.7. The van der Waals surface area contributed by atoms with Gasteiger partial charge in [-0.1, -0.05) is 108 Å². The van der Waals surface area contributed by atoms with Crippen LogP contribution >= 0.6 is 7.82 Å². The fourth-order valence-electron chi connectivity index (χ4n) is 6.18. The third-order valence-electron chi connectivity index (χ3n) is 10.0. The second kappa shape index (κ2) is 33.5. The molecule has 60 heavy (non-hydrogen) atoms. The Bertz CT molecular complexity index is 1500. The van der Waals surface area contributed by atoms with E-state index in [9.17, 15) is 23.8 Å². The highest BCUT2D eigenvalue weighted by Gasteiger charge is 2.27. The maximum atomic E-state index is 12.7. The van der Waals surface area contributed by atoms with Crippen LogP contribution in [0.4, 0.5) is 0 Å². The zero-order chi connectivity index (χ0) is 44.5. The molecular weight excluding hydrogens is 781 g/mol. The second-order valence-electron chi connectivity index (χ2n) is 16.7. The number of unbranched alkanes of at least 4 members (excludes halogenated alkanes) is 10. The standard InChI is InChI=1S/C48H80NO10P/c1-8-10-26-32-43(50)33-27-22-18-14-12-11-13-15-21-25-30-36-48(52)58-44(40-57-60(53,54)56-38-37-49(5,6)7)39-55-47(51)35-29-24-20-17-16-19-23-28-34-46-42(4)41(3)45(59-46)31-9-2/h11-12,15,18,21-22,27,33,44H,8-10,13-14,16-17,19-20,23-26,28-32,34-40H2,1-7H3/p+1/b12-11-,21-15-,22-18-,33-27+/t44-/m1/s1. The zero-order valence-electron chi connectivity index (χ0n) is 38.4. The minimum atomic E-state index is -4.42. The van der Waals surface area contributed by atoms with E-state index in [2.05, 4.69) is 39.8 Å². The first-order valence-corrected chi connectivity index (χ1v) is 24.2. The first-order chi connectivity index (χ1) is 28.7. The number of carbonyl (C=O) groups excluding carboxylic acids is 3. The largest absolute Gasteiger partial charge is 0.472 e. The Labute approximate surface area is 363 Å². The van der Waals surface area contributed by atoms with Gasteiger partial charge in [-0.3, -0.25) is 23.4 Å². The number of allylic oxidation sites excluding steroid dienone is 8. The zero-order valence-corrected chi connectivity index (χ0v) is 39.3. The third-order valence-corrected chi connectivity index (χ3v) is 11.0. The van der Waals surface area contributed by atoms with E-state index in [1.807, 2.05) is 45.4 Å². The Hall–Kier alpha value is -3.08. The van der Waals surface area contributed by atoms with Gasteiger partial charge in [-0.2, -0.15) is 0 Å². The van der Waals surface area contributed by atoms with E-state index in [0.717, 1.165) is 95.0 Å². The molecular formula is C48H81NO10P+. The summed E-state index contributed by atoms with van der Waals surface area (Å²) in [6.07, 6.45) is 32.8. The van der Waals surface area contributed by atoms with Crippen molar-refractivity contribution in [3.8, 4) is 0 Å². The van der Waals surface area contributed by atoms with Crippen LogP contribution in [0.5, 0.6) is 0 Å². The molecule has 0 aliphatic carbocycles. The van der Waals surface area contributed by atoms with Crippen LogP contribution in [-0.4, -0.2) is 80.7 Å². The van der Waals surface area contributed by atoms with Gasteiger partial charge < -0.3 is 23.3 Å². The van der Waals surface area contributed by atoms with Gasteiger partial charge in [-0.05, 0) is 82.4 Å². The quantitative estimate of drug-likeness (QED) is 0.0131. The molecule has 0 spiro atoms. The molecule has 1 aromatic heterocycles. The number of aryl methyl sites for hydroxylation is 2. The van der Waals surface area contributed by atoms with Gasteiger partial charge in [0, 0.05) is 32.1 Å². The van der Waals surface area contributed by atoms with Gasteiger partial charge >= 0.3 is 19.8 Å². The van der Waals surface area contributed by atoms with E-state index in [1.54, 1.807) is 12.2 Å². The predicted molar refractivity (Wildman–Crippen MR) is 242 cm³/mol. The van der Waals surface area contributed by atoms with E-state index in [-0.39, 0.29) is 31.8 Å². The number of rotatable bonds is 37. The molecule has 0 bridgehead atoms. The Kier molecular flexibility index (Phi) is 30.7. The average molecular weight is 863 g/mol. The molecule has 0 radical (unpaired) electrons. The van der Waals surface area contributed by atoms with Crippen LogP contribution in [-0.2, 0) is 50.3 Å². The van der Waals surface area contributed by atoms with Crippen LogP contribution in [0.2, 0.25) is 0 Å². The summed E-state index contributed by atoms with van der Waals surface area (Å²) in [6.45, 7) is 8.38. The molecule has 2 atom stereocenters. The van der Waals surface area contributed by atoms with Gasteiger partial charge in [0.2, 0.25) is 0 Å². The molecule has 0 fully saturated rings. The molecule has 12 heteroatoms. The number of quaternary nitrogens is 1. The van der Waals surface area contributed by atoms with Crippen molar-refractivity contribution in [1.82, 2.24) is 0 Å². The number of hydrogen-bond donors (Lipinski definition) is 1. The lowest BCUT2D eigenvalue weighted by Crippen LogP contribution is -2.37. The van der Waals surface area contributed by atoms with Crippen LogP contribution in [0, 0.1) is 13.8 Å². The lowest BCUT2D eigenvalue weighted by Gasteiger charge is -2.24. The normalized spacial score (nSPS) is 13.9. The van der Waals surface area contributed by atoms with Crippen molar-refractivity contribution < 1.29 is 51.3 Å². The fourth-order valence-corrected chi connectivity index (χ4v) is 6.93. The van der Waals surface area contributed by atoms with Crippen molar-refractivity contribution in [2.75, 3.05) is 47.5 Å². The number of esters is 2. The van der Waals surface area contributed by atoms with E-state index < -0.39 is 32.5 Å². The number of nitrogens with zero attached hydrogens (tertiary/aromatic N) is 1. The summed E-state index contributed by atoms with van der Waals surface area (Å²) in [5, 5.41) is 0. The SMILES string of the molecule is CCCCCC(=O)/C=C/C=C\C/C=C\C/C=C\CCCC(=O)O[C@H](COC(=O)CCCCCCCCCCc1oc(CCC)c(C)c1C)COP(=O)(O)OCC[N+](C)(C)C. The molecule has 11 nitrogen and oxygen atoms in total. The summed E-state index contributed by atoms with van der Waals surface area (Å²) in [5.74, 6) is 1.53. The van der Waals surface area contributed by atoms with Crippen molar-refractivity contribution in [2.24, 2.45) is 0 Å². The van der Waals surface area contributed by atoms with E-state index in [0.29, 0.717) is 36.7 Å². The highest BCUT2D eigenvalue weighted by atomic mass is 31.2. The van der Waals surface area contributed by atoms with Crippen molar-refractivity contribution in [3.05, 3.63) is 71.3 Å². The number of phosphoric ester groups is 1. The lowest BCUT2D eigenvalue weighted by atomic mass is 10.0. The highest BCUT2D eigenvalue weighted by molar-refractivity contribution is 7.47. The Morgan fingerprint density at radius 2 is 1.28 bits per heavy atom. The summed E-state index contributed by atoms with van der Waals surface area (Å²) in [4.78, 5) is 47.2. The summed E-state index contributed by atoms with van der Waals surface area (Å²) < 4.78 is 40.4. The van der Waals surface area contributed by atoms with Crippen LogP contribution in [0.15, 0.2) is 53.0 Å². The number of likely N-dealkylation sites (N-methyl/N-ethyl adjacent to an activating group) is 1. The lowest BCUT2D eigenvalue weighted by molar-refractivity contribution is -0.870. The van der Waals surface area contributed by atoms with Crippen molar-refractivity contribution in [2.45, 2.75) is 169 Å². The third kappa shape index (κ3) is 30.0. The van der Waals surface area contributed by atoms with E-state index >= 15 is 0 Å². The molecule has 1 unspecified atom stereocenters. The molecule has 1 rings (SSSR count). The summed E-state index contributed by atoms with van der Waals surface area (Å²) in [5.41, 5.74) is 2.62. The second-order valence-corrected chi connectivity index (χ2v) is 18.2. The molecule has 0 aliphatic rings. The number of ketones is 1. The number of ether oxygens (including phenoxy) is 2. The molecule has 0 amide bonds. The van der Waals surface area contributed by atoms with Gasteiger partial charge in [0.05, 0.1) is 27.7 Å². The first kappa shape index (κ1) is 54.9. The van der Waals surface area contributed by atoms with Crippen molar-refractivity contribution >= 4 is 25.5 Å². The molecule has 1 N–H and O–H groups in total. The highest BCUT2D eigenvalue weighted by Crippen LogP contribution is 2.43. The molecule has 0 saturated carbocycles. The van der Waals surface area contributed by atoms with Crippen LogP contribution < -0.4 is 0 Å². The molecule has 1 aromatic rings. The van der Waals surface area contributed by atoms with E-state index in [4.69, 9.17) is 22.9 Å². The summed E-state index contributed by atoms with van der Waals surface area (Å²) >= 11 is 0. The molecule has 0 aromatic carbocycles. The average Bonchev–Trinajstić information content (AvgIpc) is 3.45. The van der Waals surface area contributed by atoms with Crippen molar-refractivity contribution in [1.29, 1.82) is 0 Å². The predicted octanol–water partition coefficient (Wildman–Crippen LogP) is 11.5. The fraction of sp³-hybridized carbons (Fsp3) is 0.688. The smallest absolute Gasteiger partial charge is 0.466 e. The molecule has 0 saturated heterocycles. The van der Waals surface area contributed by atoms with Gasteiger partial charge in [0.15, 0.2) is 11.9 Å². The molecule has 0 aliphatic heterocycles. The Morgan fingerprint density at radius 1 is 0.683 bits per heavy atom. The topological polar surface area (TPSA) is 139 Å².